The van der Waals surface area contributed by atoms with Gasteiger partial charge < -0.3 is 9.47 Å². The SMILES string of the molecule is [C-]#[N+]c1cc([N+]#[C-])c(-c2cc(C(C)(C)C)c(OC)c(C(C)(C)C)c2)cc1-c1cc(C(C)(C)C)c(OC)c(C(C)(C)C)c1. The fourth-order valence-electron chi connectivity index (χ4n) is 5.46. The lowest BCUT2D eigenvalue weighted by atomic mass is 9.76. The molecule has 3 aromatic rings. The molecule has 3 aromatic carbocycles. The van der Waals surface area contributed by atoms with Crippen molar-refractivity contribution in [2.45, 2.75) is 105 Å². The average molecular weight is 565 g/mol. The van der Waals surface area contributed by atoms with E-state index in [0.717, 1.165) is 56.0 Å². The van der Waals surface area contributed by atoms with Crippen LogP contribution in [-0.4, -0.2) is 14.2 Å². The summed E-state index contributed by atoms with van der Waals surface area (Å²) in [6.07, 6.45) is 0. The molecule has 0 saturated carbocycles. The minimum atomic E-state index is -0.182. The summed E-state index contributed by atoms with van der Waals surface area (Å²) in [7, 11) is 3.46. The van der Waals surface area contributed by atoms with Gasteiger partial charge in [0.15, 0.2) is 11.4 Å². The molecular formula is C38H48N2O2. The van der Waals surface area contributed by atoms with Gasteiger partial charge in [0.2, 0.25) is 0 Å². The standard InChI is InChI=1S/C38H48N2O2/c1-35(2,3)27-17-23(18-28(33(27)41-15)36(4,5)6)25-21-26(32(40-14)22-31(25)39-13)24-19-29(37(7,8)9)34(42-16)30(20-24)38(10,11)12/h17-22H,1-12,15-16H3. The van der Waals surface area contributed by atoms with Gasteiger partial charge in [0.25, 0.3) is 0 Å². The number of rotatable bonds is 4. The van der Waals surface area contributed by atoms with E-state index in [4.69, 9.17) is 22.6 Å². The van der Waals surface area contributed by atoms with E-state index in [0.29, 0.717) is 11.4 Å². The molecule has 0 heterocycles. The van der Waals surface area contributed by atoms with Gasteiger partial charge in [-0.1, -0.05) is 95.2 Å². The van der Waals surface area contributed by atoms with E-state index in [2.05, 4.69) is 117 Å². The summed E-state index contributed by atoms with van der Waals surface area (Å²) in [4.78, 5) is 7.83. The van der Waals surface area contributed by atoms with Gasteiger partial charge in [-0.3, -0.25) is 0 Å². The molecule has 0 aliphatic rings. The summed E-state index contributed by atoms with van der Waals surface area (Å²) in [5.41, 5.74) is 8.11. The largest absolute Gasteiger partial charge is 0.496 e. The minimum Gasteiger partial charge on any atom is -0.496 e. The molecule has 222 valence electrons. The zero-order valence-corrected chi connectivity index (χ0v) is 28.2. The zero-order chi connectivity index (χ0) is 32.0. The Bertz CT molecular complexity index is 1400. The Morgan fingerprint density at radius 3 is 0.905 bits per heavy atom. The monoisotopic (exact) mass is 564 g/mol. The second-order valence-electron chi connectivity index (χ2n) is 15.3. The normalized spacial score (nSPS) is 12.5. The molecule has 0 aromatic heterocycles. The Balaban J connectivity index is 2.53. The van der Waals surface area contributed by atoms with Crippen molar-refractivity contribution in [1.29, 1.82) is 0 Å². The highest BCUT2D eigenvalue weighted by molar-refractivity contribution is 5.92. The summed E-state index contributed by atoms with van der Waals surface area (Å²) >= 11 is 0. The molecule has 0 spiro atoms. The van der Waals surface area contributed by atoms with Crippen LogP contribution in [0.5, 0.6) is 11.5 Å². The van der Waals surface area contributed by atoms with Crippen molar-refractivity contribution in [2.24, 2.45) is 0 Å². The first-order valence-electron chi connectivity index (χ1n) is 14.6. The third-order valence-electron chi connectivity index (χ3n) is 7.80. The van der Waals surface area contributed by atoms with Crippen LogP contribution in [0.2, 0.25) is 0 Å². The van der Waals surface area contributed by atoms with Crippen molar-refractivity contribution in [3.63, 3.8) is 0 Å². The van der Waals surface area contributed by atoms with Gasteiger partial charge >= 0.3 is 0 Å². The summed E-state index contributed by atoms with van der Waals surface area (Å²) in [5, 5.41) is 0. The van der Waals surface area contributed by atoms with Crippen LogP contribution < -0.4 is 9.47 Å². The van der Waals surface area contributed by atoms with E-state index in [1.54, 1.807) is 20.3 Å². The quantitative estimate of drug-likeness (QED) is 0.295. The molecule has 4 nitrogen and oxygen atoms in total. The Hall–Kier alpha value is -3.76. The second-order valence-corrected chi connectivity index (χ2v) is 15.3. The smallest absolute Gasteiger partial charge is 0.184 e. The van der Waals surface area contributed by atoms with Gasteiger partial charge in [0.05, 0.1) is 27.4 Å². The van der Waals surface area contributed by atoms with E-state index in [1.807, 2.05) is 6.07 Å². The van der Waals surface area contributed by atoms with Crippen molar-refractivity contribution in [3.8, 4) is 33.8 Å². The fourth-order valence-corrected chi connectivity index (χ4v) is 5.46. The van der Waals surface area contributed by atoms with Gasteiger partial charge in [-0.15, -0.1) is 0 Å². The Morgan fingerprint density at radius 2 is 0.714 bits per heavy atom. The highest BCUT2D eigenvalue weighted by Crippen LogP contribution is 2.49. The summed E-state index contributed by atoms with van der Waals surface area (Å²) < 4.78 is 12.0. The molecule has 0 fully saturated rings. The zero-order valence-electron chi connectivity index (χ0n) is 28.2. The molecule has 42 heavy (non-hydrogen) atoms. The topological polar surface area (TPSA) is 27.2 Å². The first-order valence-corrected chi connectivity index (χ1v) is 14.6. The predicted octanol–water partition coefficient (Wildman–Crippen LogP) is 11.3. The number of hydrogen-bond donors (Lipinski definition) is 0. The maximum Gasteiger partial charge on any atom is 0.184 e. The molecule has 0 aliphatic carbocycles. The van der Waals surface area contributed by atoms with Crippen molar-refractivity contribution >= 4 is 11.4 Å². The first kappa shape index (κ1) is 32.8. The maximum atomic E-state index is 8.08. The molecule has 0 N–H and O–H groups in total. The van der Waals surface area contributed by atoms with Crippen LogP contribution >= 0.6 is 0 Å². The van der Waals surface area contributed by atoms with Gasteiger partial charge in [-0.25, -0.2) is 9.69 Å². The molecule has 0 atom stereocenters. The van der Waals surface area contributed by atoms with Crippen molar-refractivity contribution < 1.29 is 9.47 Å². The van der Waals surface area contributed by atoms with E-state index in [9.17, 15) is 0 Å². The van der Waals surface area contributed by atoms with Crippen molar-refractivity contribution in [2.75, 3.05) is 14.2 Å². The van der Waals surface area contributed by atoms with Crippen LogP contribution in [0.25, 0.3) is 31.9 Å². The van der Waals surface area contributed by atoms with Gasteiger partial charge in [-0.05, 0) is 68.2 Å². The lowest BCUT2D eigenvalue weighted by molar-refractivity contribution is 0.381. The number of benzene rings is 3. The highest BCUT2D eigenvalue weighted by atomic mass is 16.5. The molecule has 0 amide bonds. The molecule has 0 saturated heterocycles. The van der Waals surface area contributed by atoms with Crippen LogP contribution in [0.15, 0.2) is 36.4 Å². The molecule has 3 rings (SSSR count). The van der Waals surface area contributed by atoms with Crippen LogP contribution in [0.3, 0.4) is 0 Å². The van der Waals surface area contributed by atoms with Crippen LogP contribution in [-0.2, 0) is 21.7 Å². The Labute approximate surface area is 254 Å². The summed E-state index contributed by atoms with van der Waals surface area (Å²) in [5.74, 6) is 1.78. The third-order valence-corrected chi connectivity index (χ3v) is 7.80. The molecule has 4 heteroatoms. The third kappa shape index (κ3) is 6.34. The maximum absolute atomic E-state index is 8.08. The van der Waals surface area contributed by atoms with Crippen LogP contribution in [0.4, 0.5) is 11.4 Å². The fraction of sp³-hybridized carbons (Fsp3) is 0.474. The van der Waals surface area contributed by atoms with E-state index in [1.165, 1.54) is 0 Å². The molecule has 0 radical (unpaired) electrons. The number of methoxy groups -OCH3 is 2. The number of hydrogen-bond acceptors (Lipinski definition) is 2. The lowest BCUT2D eigenvalue weighted by Crippen LogP contribution is -2.19. The van der Waals surface area contributed by atoms with Crippen molar-refractivity contribution in [1.82, 2.24) is 0 Å². The highest BCUT2D eigenvalue weighted by Gasteiger charge is 2.30. The van der Waals surface area contributed by atoms with E-state index in [-0.39, 0.29) is 21.7 Å². The summed E-state index contributed by atoms with van der Waals surface area (Å²) in [6.45, 7) is 42.4. The van der Waals surface area contributed by atoms with Crippen molar-refractivity contribution in [3.05, 3.63) is 81.5 Å². The van der Waals surface area contributed by atoms with Gasteiger partial charge in [-0.2, -0.15) is 0 Å². The number of ether oxygens (including phenoxy) is 2. The van der Waals surface area contributed by atoms with E-state index >= 15 is 0 Å². The second kappa shape index (κ2) is 11.1. The van der Waals surface area contributed by atoms with Crippen LogP contribution in [0.1, 0.15) is 105 Å². The van der Waals surface area contributed by atoms with Crippen LogP contribution in [0, 0.1) is 13.1 Å². The first-order chi connectivity index (χ1) is 19.2. The van der Waals surface area contributed by atoms with E-state index < -0.39 is 0 Å². The molecule has 0 aliphatic heterocycles. The van der Waals surface area contributed by atoms with Gasteiger partial charge in [0.1, 0.15) is 11.5 Å². The number of nitrogens with zero attached hydrogens (tertiary/aromatic N) is 2. The summed E-state index contributed by atoms with van der Waals surface area (Å²) in [6, 6.07) is 12.4. The Kier molecular flexibility index (Phi) is 8.69. The average Bonchev–Trinajstić information content (AvgIpc) is 2.88. The minimum absolute atomic E-state index is 0.182. The lowest BCUT2D eigenvalue weighted by Gasteiger charge is -2.31. The molecular weight excluding hydrogens is 516 g/mol. The van der Waals surface area contributed by atoms with Gasteiger partial charge in [0, 0.05) is 22.3 Å². The molecule has 0 bridgehead atoms. The predicted molar refractivity (Wildman–Crippen MR) is 178 cm³/mol. The molecule has 0 unspecified atom stereocenters. The Morgan fingerprint density at radius 1 is 0.452 bits per heavy atom.